The Kier molecular flexibility index (Phi) is 7.93. The van der Waals surface area contributed by atoms with E-state index in [1.807, 2.05) is 31.2 Å². The van der Waals surface area contributed by atoms with E-state index in [1.165, 1.54) is 5.56 Å². The van der Waals surface area contributed by atoms with E-state index in [9.17, 15) is 0 Å². The molecular formula is C22H33N5O2. The molecule has 1 unspecified atom stereocenters. The number of rotatable bonds is 8. The number of nitrogens with one attached hydrogen (secondary N) is 1. The van der Waals surface area contributed by atoms with Crippen LogP contribution in [-0.4, -0.2) is 60.5 Å². The van der Waals surface area contributed by atoms with Crippen LogP contribution in [0.4, 0.5) is 0 Å². The first-order valence-electron chi connectivity index (χ1n) is 10.5. The Morgan fingerprint density at radius 2 is 2.17 bits per heavy atom. The van der Waals surface area contributed by atoms with E-state index in [0.717, 1.165) is 62.8 Å². The topological polar surface area (TPSA) is 63.9 Å². The molecule has 0 spiro atoms. The molecule has 0 saturated carbocycles. The van der Waals surface area contributed by atoms with Crippen LogP contribution >= 0.6 is 0 Å². The van der Waals surface area contributed by atoms with Crippen molar-refractivity contribution < 1.29 is 9.47 Å². The van der Waals surface area contributed by atoms with Gasteiger partial charge in [0, 0.05) is 38.9 Å². The van der Waals surface area contributed by atoms with Gasteiger partial charge < -0.3 is 19.7 Å². The molecule has 3 rings (SSSR count). The van der Waals surface area contributed by atoms with Gasteiger partial charge in [-0.15, -0.1) is 0 Å². The molecule has 1 aromatic carbocycles. The number of benzene rings is 1. The van der Waals surface area contributed by atoms with Gasteiger partial charge in [0.05, 0.1) is 26.0 Å². The second kappa shape index (κ2) is 10.9. The summed E-state index contributed by atoms with van der Waals surface area (Å²) in [6.45, 7) is 6.07. The minimum atomic E-state index is 0.0243. The van der Waals surface area contributed by atoms with Gasteiger partial charge in [0.15, 0.2) is 5.96 Å². The number of hydrogen-bond donors (Lipinski definition) is 1. The number of ether oxygens (including phenoxy) is 2. The minimum absolute atomic E-state index is 0.0243. The first-order chi connectivity index (χ1) is 14.2. The molecule has 0 aliphatic carbocycles. The van der Waals surface area contributed by atoms with E-state index in [4.69, 9.17) is 9.47 Å². The maximum atomic E-state index is 5.93. The Bertz CT molecular complexity index is 772. The Hall–Kier alpha value is -2.54. The third-order valence-corrected chi connectivity index (χ3v) is 5.06. The lowest BCUT2D eigenvalue weighted by molar-refractivity contribution is -0.00800. The fraction of sp³-hybridized carbons (Fsp3) is 0.545. The number of unbranched alkanes of at least 4 members (excludes halogenated alkanes) is 1. The highest BCUT2D eigenvalue weighted by atomic mass is 16.5. The lowest BCUT2D eigenvalue weighted by atomic mass is 10.1. The molecular weight excluding hydrogens is 366 g/mol. The van der Waals surface area contributed by atoms with Crippen molar-refractivity contribution >= 4 is 5.96 Å². The second-order valence-corrected chi connectivity index (χ2v) is 7.32. The molecule has 1 fully saturated rings. The Morgan fingerprint density at radius 1 is 1.34 bits per heavy atom. The van der Waals surface area contributed by atoms with Gasteiger partial charge in [-0.1, -0.05) is 25.5 Å². The highest BCUT2D eigenvalue weighted by Gasteiger charge is 2.25. The quantitative estimate of drug-likeness (QED) is 0.420. The van der Waals surface area contributed by atoms with Gasteiger partial charge in [-0.2, -0.15) is 5.10 Å². The number of aliphatic imine (C=N–C) groups is 1. The summed E-state index contributed by atoms with van der Waals surface area (Å²) in [5.41, 5.74) is 2.39. The monoisotopic (exact) mass is 399 g/mol. The Labute approximate surface area is 173 Å². The van der Waals surface area contributed by atoms with Crippen LogP contribution in [0.1, 0.15) is 37.0 Å². The summed E-state index contributed by atoms with van der Waals surface area (Å²) < 4.78 is 13.5. The molecule has 2 aromatic rings. The van der Waals surface area contributed by atoms with Crippen LogP contribution in [0.25, 0.3) is 0 Å². The highest BCUT2D eigenvalue weighted by Crippen LogP contribution is 2.21. The van der Waals surface area contributed by atoms with E-state index < -0.39 is 0 Å². The average molecular weight is 400 g/mol. The molecule has 1 saturated heterocycles. The predicted octanol–water partition coefficient (Wildman–Crippen LogP) is 2.79. The summed E-state index contributed by atoms with van der Waals surface area (Å²) in [5, 5.41) is 7.74. The molecule has 7 nitrogen and oxygen atoms in total. The fourth-order valence-corrected chi connectivity index (χ4v) is 3.39. The van der Waals surface area contributed by atoms with Crippen LogP contribution in [0.5, 0.6) is 5.75 Å². The Balaban J connectivity index is 1.46. The molecule has 0 amide bonds. The lowest BCUT2D eigenvalue weighted by Crippen LogP contribution is -2.48. The molecule has 158 valence electrons. The van der Waals surface area contributed by atoms with Gasteiger partial charge >= 0.3 is 0 Å². The molecule has 1 aliphatic rings. The van der Waals surface area contributed by atoms with Crippen molar-refractivity contribution in [3.05, 3.63) is 47.8 Å². The summed E-state index contributed by atoms with van der Waals surface area (Å²) in [6.07, 6.45) is 7.09. The largest absolute Gasteiger partial charge is 0.494 e. The molecule has 1 atom stereocenters. The minimum Gasteiger partial charge on any atom is -0.494 e. The number of nitrogens with zero attached hydrogens (tertiary/aromatic N) is 4. The SMILES string of the molecule is CCCCOc1ccc(CCNC(=NC)N2CCOC(c3cnn(C)c3)C2)cc1. The van der Waals surface area contributed by atoms with Crippen molar-refractivity contribution in [2.24, 2.45) is 12.0 Å². The molecule has 7 heteroatoms. The first kappa shape index (κ1) is 21.2. The van der Waals surface area contributed by atoms with E-state index in [1.54, 1.807) is 0 Å². The maximum Gasteiger partial charge on any atom is 0.193 e. The van der Waals surface area contributed by atoms with Crippen molar-refractivity contribution in [2.75, 3.05) is 39.9 Å². The van der Waals surface area contributed by atoms with E-state index in [2.05, 4.69) is 51.5 Å². The zero-order valence-corrected chi connectivity index (χ0v) is 17.8. The normalized spacial score (nSPS) is 17.4. The summed E-state index contributed by atoms with van der Waals surface area (Å²) in [7, 11) is 3.76. The smallest absolute Gasteiger partial charge is 0.193 e. The molecule has 2 heterocycles. The van der Waals surface area contributed by atoms with Crippen molar-refractivity contribution in [1.82, 2.24) is 20.0 Å². The van der Waals surface area contributed by atoms with E-state index in [0.29, 0.717) is 6.61 Å². The number of guanidine groups is 1. The zero-order valence-electron chi connectivity index (χ0n) is 17.8. The standard InChI is InChI=1S/C22H33N5O2/c1-4-5-13-28-20-8-6-18(7-9-20)10-11-24-22(23-2)27-12-14-29-21(17-27)19-15-25-26(3)16-19/h6-9,15-16,21H,4-5,10-14,17H2,1-3H3,(H,23,24). The number of aryl methyl sites for hydroxylation is 1. The third kappa shape index (κ3) is 6.22. The molecule has 1 aliphatic heterocycles. The maximum absolute atomic E-state index is 5.93. The van der Waals surface area contributed by atoms with Crippen molar-refractivity contribution in [2.45, 2.75) is 32.3 Å². The summed E-state index contributed by atoms with van der Waals surface area (Å²) in [6, 6.07) is 8.39. The van der Waals surface area contributed by atoms with Gasteiger partial charge in [-0.3, -0.25) is 9.67 Å². The summed E-state index contributed by atoms with van der Waals surface area (Å²) in [4.78, 5) is 6.72. The predicted molar refractivity (Wildman–Crippen MR) is 115 cm³/mol. The molecule has 1 N–H and O–H groups in total. The summed E-state index contributed by atoms with van der Waals surface area (Å²) in [5.74, 6) is 1.86. The van der Waals surface area contributed by atoms with Gasteiger partial charge in [0.1, 0.15) is 11.9 Å². The van der Waals surface area contributed by atoms with Crippen LogP contribution in [0, 0.1) is 0 Å². The van der Waals surface area contributed by atoms with Crippen molar-refractivity contribution in [3.8, 4) is 5.75 Å². The van der Waals surface area contributed by atoms with Crippen molar-refractivity contribution in [3.63, 3.8) is 0 Å². The van der Waals surface area contributed by atoms with Crippen LogP contribution in [0.3, 0.4) is 0 Å². The van der Waals surface area contributed by atoms with Crippen LogP contribution < -0.4 is 10.1 Å². The molecule has 1 aromatic heterocycles. The van der Waals surface area contributed by atoms with Gasteiger partial charge in [0.25, 0.3) is 0 Å². The number of morpholine rings is 1. The van der Waals surface area contributed by atoms with Gasteiger partial charge in [0.2, 0.25) is 0 Å². The molecule has 0 bridgehead atoms. The van der Waals surface area contributed by atoms with Gasteiger partial charge in [-0.05, 0) is 30.5 Å². The molecule has 29 heavy (non-hydrogen) atoms. The summed E-state index contributed by atoms with van der Waals surface area (Å²) >= 11 is 0. The van der Waals surface area contributed by atoms with Crippen LogP contribution in [-0.2, 0) is 18.2 Å². The average Bonchev–Trinajstić information content (AvgIpc) is 3.19. The van der Waals surface area contributed by atoms with E-state index >= 15 is 0 Å². The zero-order chi connectivity index (χ0) is 20.5. The molecule has 0 radical (unpaired) electrons. The third-order valence-electron chi connectivity index (χ3n) is 5.06. The Morgan fingerprint density at radius 3 is 2.86 bits per heavy atom. The second-order valence-electron chi connectivity index (χ2n) is 7.32. The first-order valence-corrected chi connectivity index (χ1v) is 10.5. The van der Waals surface area contributed by atoms with E-state index in [-0.39, 0.29) is 6.10 Å². The number of aromatic nitrogens is 2. The van der Waals surface area contributed by atoms with Crippen LogP contribution in [0.15, 0.2) is 41.7 Å². The highest BCUT2D eigenvalue weighted by molar-refractivity contribution is 5.80. The van der Waals surface area contributed by atoms with Crippen LogP contribution in [0.2, 0.25) is 0 Å². The lowest BCUT2D eigenvalue weighted by Gasteiger charge is -2.34. The van der Waals surface area contributed by atoms with Gasteiger partial charge in [-0.25, -0.2) is 0 Å². The number of hydrogen-bond acceptors (Lipinski definition) is 4. The fourth-order valence-electron chi connectivity index (χ4n) is 3.39. The van der Waals surface area contributed by atoms with Crippen molar-refractivity contribution in [1.29, 1.82) is 0 Å².